The Labute approximate surface area is 122 Å². The summed E-state index contributed by atoms with van der Waals surface area (Å²) >= 11 is 3.61. The van der Waals surface area contributed by atoms with Crippen molar-refractivity contribution < 1.29 is 5.11 Å². The van der Waals surface area contributed by atoms with E-state index >= 15 is 0 Å². The molecule has 2 nitrogen and oxygen atoms in total. The van der Waals surface area contributed by atoms with Gasteiger partial charge in [0.25, 0.3) is 0 Å². The lowest BCUT2D eigenvalue weighted by Crippen LogP contribution is -2.35. The van der Waals surface area contributed by atoms with E-state index in [1.807, 2.05) is 11.3 Å². The lowest BCUT2D eigenvalue weighted by Gasteiger charge is -2.26. The predicted molar refractivity (Wildman–Crippen MR) is 82.7 cm³/mol. The van der Waals surface area contributed by atoms with Crippen molar-refractivity contribution in [3.63, 3.8) is 0 Å². The van der Waals surface area contributed by atoms with Gasteiger partial charge in [-0.05, 0) is 48.6 Å². The molecular formula is C15H19NOS2. The lowest BCUT2D eigenvalue weighted by atomic mass is 9.93. The minimum atomic E-state index is -0.101. The van der Waals surface area contributed by atoms with Crippen LogP contribution in [0, 0.1) is 0 Å². The Morgan fingerprint density at radius 1 is 1.32 bits per heavy atom. The Morgan fingerprint density at radius 3 is 3.05 bits per heavy atom. The fourth-order valence-corrected chi connectivity index (χ4v) is 4.26. The average molecular weight is 293 g/mol. The molecule has 0 amide bonds. The molecule has 1 aliphatic carbocycles. The maximum Gasteiger partial charge on any atom is 0.0555 e. The van der Waals surface area contributed by atoms with Gasteiger partial charge in [-0.3, -0.25) is 0 Å². The molecule has 2 heterocycles. The Bertz CT molecular complexity index is 506. The predicted octanol–water partition coefficient (Wildman–Crippen LogP) is 3.87. The maximum absolute atomic E-state index is 9.67. The van der Waals surface area contributed by atoms with Crippen LogP contribution in [0.15, 0.2) is 29.0 Å². The van der Waals surface area contributed by atoms with Crippen molar-refractivity contribution in [2.75, 3.05) is 0 Å². The molecule has 102 valence electrons. The highest BCUT2D eigenvalue weighted by atomic mass is 32.1. The summed E-state index contributed by atoms with van der Waals surface area (Å²) in [7, 11) is 0. The number of hydrogen-bond donors (Lipinski definition) is 2. The van der Waals surface area contributed by atoms with Gasteiger partial charge in [-0.25, -0.2) is 0 Å². The minimum Gasteiger partial charge on any atom is -0.393 e. The first-order valence-corrected chi connectivity index (χ1v) is 8.60. The molecule has 0 aliphatic heterocycles. The van der Waals surface area contributed by atoms with Crippen LogP contribution in [-0.4, -0.2) is 17.3 Å². The first kappa shape index (κ1) is 13.3. The zero-order chi connectivity index (χ0) is 13.1. The molecule has 19 heavy (non-hydrogen) atoms. The van der Waals surface area contributed by atoms with Crippen molar-refractivity contribution in [2.24, 2.45) is 0 Å². The molecule has 0 saturated heterocycles. The van der Waals surface area contributed by atoms with E-state index in [0.717, 1.165) is 25.8 Å². The summed E-state index contributed by atoms with van der Waals surface area (Å²) in [5, 5.41) is 17.6. The van der Waals surface area contributed by atoms with E-state index in [1.54, 1.807) is 11.3 Å². The largest absolute Gasteiger partial charge is 0.393 e. The Balaban J connectivity index is 1.56. The molecule has 2 N–H and O–H groups in total. The normalized spacial score (nSPS) is 23.6. The summed E-state index contributed by atoms with van der Waals surface area (Å²) in [5.41, 5.74) is 1.33. The van der Waals surface area contributed by atoms with Gasteiger partial charge in [0.1, 0.15) is 0 Å². The molecule has 2 atom stereocenters. The molecule has 2 unspecified atom stereocenters. The first-order chi connectivity index (χ1) is 9.31. The standard InChI is InChI=1S/C15H19NOS2/c17-13-4-1-3-12(8-13)16-9-14-7-11(10-19-14)15-5-2-6-18-15/h2,5-7,10,12-13,16-17H,1,3-4,8-9H2. The van der Waals surface area contributed by atoms with E-state index in [9.17, 15) is 5.11 Å². The second kappa shape index (κ2) is 6.18. The van der Waals surface area contributed by atoms with Crippen LogP contribution in [0.25, 0.3) is 10.4 Å². The van der Waals surface area contributed by atoms with Gasteiger partial charge in [0.15, 0.2) is 0 Å². The topological polar surface area (TPSA) is 32.3 Å². The Hall–Kier alpha value is -0.680. The van der Waals surface area contributed by atoms with E-state index in [0.29, 0.717) is 6.04 Å². The van der Waals surface area contributed by atoms with Crippen LogP contribution in [0.2, 0.25) is 0 Å². The Morgan fingerprint density at radius 2 is 2.26 bits per heavy atom. The van der Waals surface area contributed by atoms with Crippen LogP contribution in [0.3, 0.4) is 0 Å². The van der Waals surface area contributed by atoms with Gasteiger partial charge in [-0.2, -0.15) is 0 Å². The van der Waals surface area contributed by atoms with E-state index in [4.69, 9.17) is 0 Å². The minimum absolute atomic E-state index is 0.101. The molecule has 1 saturated carbocycles. The number of aliphatic hydroxyl groups excluding tert-OH is 1. The van der Waals surface area contributed by atoms with Crippen LogP contribution in [0.5, 0.6) is 0 Å². The van der Waals surface area contributed by atoms with Crippen LogP contribution in [0.1, 0.15) is 30.6 Å². The van der Waals surface area contributed by atoms with Gasteiger partial charge in [0.2, 0.25) is 0 Å². The summed E-state index contributed by atoms with van der Waals surface area (Å²) in [4.78, 5) is 2.72. The number of rotatable bonds is 4. The Kier molecular flexibility index (Phi) is 4.33. The van der Waals surface area contributed by atoms with Crippen molar-refractivity contribution >= 4 is 22.7 Å². The molecular weight excluding hydrogens is 274 g/mol. The third kappa shape index (κ3) is 3.45. The summed E-state index contributed by atoms with van der Waals surface area (Å²) in [5.74, 6) is 0. The van der Waals surface area contributed by atoms with Gasteiger partial charge in [0.05, 0.1) is 6.10 Å². The molecule has 2 aromatic rings. The lowest BCUT2D eigenvalue weighted by molar-refractivity contribution is 0.111. The van der Waals surface area contributed by atoms with Crippen molar-refractivity contribution in [2.45, 2.75) is 44.4 Å². The van der Waals surface area contributed by atoms with Gasteiger partial charge in [0, 0.05) is 27.9 Å². The van der Waals surface area contributed by atoms with E-state index in [1.165, 1.54) is 21.7 Å². The van der Waals surface area contributed by atoms with E-state index < -0.39 is 0 Å². The summed E-state index contributed by atoms with van der Waals surface area (Å²) in [6.07, 6.45) is 4.11. The molecule has 2 aromatic heterocycles. The van der Waals surface area contributed by atoms with Crippen LogP contribution in [0.4, 0.5) is 0 Å². The molecule has 1 fully saturated rings. The second-order valence-corrected chi connectivity index (χ2v) is 7.12. The number of hydrogen-bond acceptors (Lipinski definition) is 4. The van der Waals surface area contributed by atoms with E-state index in [-0.39, 0.29) is 6.10 Å². The van der Waals surface area contributed by atoms with Crippen molar-refractivity contribution in [3.05, 3.63) is 33.8 Å². The smallest absolute Gasteiger partial charge is 0.0555 e. The quantitative estimate of drug-likeness (QED) is 0.897. The summed E-state index contributed by atoms with van der Waals surface area (Å²) in [6, 6.07) is 7.03. The van der Waals surface area contributed by atoms with Gasteiger partial charge < -0.3 is 10.4 Å². The molecule has 0 spiro atoms. The van der Waals surface area contributed by atoms with Crippen molar-refractivity contribution in [1.82, 2.24) is 5.32 Å². The highest BCUT2D eigenvalue weighted by Gasteiger charge is 2.19. The number of thiophene rings is 2. The molecule has 3 rings (SSSR count). The summed E-state index contributed by atoms with van der Waals surface area (Å²) < 4.78 is 0. The first-order valence-electron chi connectivity index (χ1n) is 6.84. The van der Waals surface area contributed by atoms with Crippen molar-refractivity contribution in [3.8, 4) is 10.4 Å². The third-order valence-corrected chi connectivity index (χ3v) is 5.53. The zero-order valence-corrected chi connectivity index (χ0v) is 12.5. The van der Waals surface area contributed by atoms with Crippen LogP contribution >= 0.6 is 22.7 Å². The zero-order valence-electron chi connectivity index (χ0n) is 10.8. The van der Waals surface area contributed by atoms with Crippen LogP contribution in [-0.2, 0) is 6.54 Å². The van der Waals surface area contributed by atoms with Gasteiger partial charge >= 0.3 is 0 Å². The monoisotopic (exact) mass is 293 g/mol. The fraction of sp³-hybridized carbons (Fsp3) is 0.467. The van der Waals surface area contributed by atoms with E-state index in [2.05, 4.69) is 34.3 Å². The highest BCUT2D eigenvalue weighted by Crippen LogP contribution is 2.29. The molecule has 0 aromatic carbocycles. The molecule has 0 bridgehead atoms. The SMILES string of the molecule is OC1CCCC(NCc2cc(-c3cccs3)cs2)C1. The molecule has 4 heteroatoms. The molecule has 1 aliphatic rings. The molecule has 0 radical (unpaired) electrons. The second-order valence-electron chi connectivity index (χ2n) is 5.18. The summed E-state index contributed by atoms with van der Waals surface area (Å²) in [6.45, 7) is 0.924. The average Bonchev–Trinajstić information content (AvgIpc) is 3.07. The maximum atomic E-state index is 9.67. The third-order valence-electron chi connectivity index (χ3n) is 3.67. The fourth-order valence-electron chi connectivity index (χ4n) is 2.64. The highest BCUT2D eigenvalue weighted by molar-refractivity contribution is 7.14. The van der Waals surface area contributed by atoms with Gasteiger partial charge in [-0.1, -0.05) is 6.07 Å². The van der Waals surface area contributed by atoms with Crippen LogP contribution < -0.4 is 5.32 Å². The van der Waals surface area contributed by atoms with Gasteiger partial charge in [-0.15, -0.1) is 22.7 Å². The van der Waals surface area contributed by atoms with Crippen molar-refractivity contribution in [1.29, 1.82) is 0 Å². The number of aliphatic hydroxyl groups is 1. The number of nitrogens with one attached hydrogen (secondary N) is 1.